The number of carbonyl (C=O) groups excluding carboxylic acids is 3. The molecule has 0 spiro atoms. The van der Waals surface area contributed by atoms with Gasteiger partial charge in [0, 0.05) is 11.4 Å². The van der Waals surface area contributed by atoms with E-state index < -0.39 is 24.5 Å². The van der Waals surface area contributed by atoms with Gasteiger partial charge in [0.15, 0.2) is 6.61 Å². The van der Waals surface area contributed by atoms with Crippen molar-refractivity contribution in [2.45, 2.75) is 47.1 Å². The lowest BCUT2D eigenvalue weighted by atomic mass is 10.1. The van der Waals surface area contributed by atoms with Crippen molar-refractivity contribution in [2.75, 3.05) is 11.9 Å². The van der Waals surface area contributed by atoms with Crippen molar-refractivity contribution in [2.24, 2.45) is 0 Å². The Morgan fingerprint density at radius 3 is 2.50 bits per heavy atom. The van der Waals surface area contributed by atoms with Crippen LogP contribution in [-0.2, 0) is 20.7 Å². The van der Waals surface area contributed by atoms with Crippen molar-refractivity contribution < 1.29 is 23.9 Å². The maximum absolute atomic E-state index is 12.3. The fourth-order valence-corrected chi connectivity index (χ4v) is 2.80. The second kappa shape index (κ2) is 9.21. The van der Waals surface area contributed by atoms with Crippen molar-refractivity contribution in [1.82, 2.24) is 4.98 Å². The van der Waals surface area contributed by atoms with Gasteiger partial charge in [0.05, 0.1) is 11.7 Å². The van der Waals surface area contributed by atoms with E-state index in [-0.39, 0.29) is 11.8 Å². The Morgan fingerprint density at radius 1 is 1.14 bits per heavy atom. The summed E-state index contributed by atoms with van der Waals surface area (Å²) in [4.78, 5) is 39.5. The van der Waals surface area contributed by atoms with E-state index in [2.05, 4.69) is 10.3 Å². The molecule has 1 aromatic heterocycles. The first-order valence-corrected chi connectivity index (χ1v) is 9.19. The summed E-state index contributed by atoms with van der Waals surface area (Å²) in [6.45, 7) is 8.40. The topological polar surface area (TPSA) is 97.5 Å². The molecule has 0 aliphatic heterocycles. The summed E-state index contributed by atoms with van der Waals surface area (Å²) >= 11 is 0. The van der Waals surface area contributed by atoms with Crippen molar-refractivity contribution >= 4 is 23.5 Å². The van der Waals surface area contributed by atoms with Crippen LogP contribution >= 0.6 is 0 Å². The number of rotatable bonds is 7. The molecule has 2 aromatic rings. The zero-order valence-electron chi connectivity index (χ0n) is 16.8. The molecule has 0 atom stereocenters. The SMILES string of the molecule is CCc1cccc(NC(=O)COC(=O)c2[nH]c(C)c(C(=O)OC(C)C)c2C)c1. The molecule has 7 heteroatoms. The van der Waals surface area contributed by atoms with E-state index in [1.165, 1.54) is 0 Å². The molecule has 0 radical (unpaired) electrons. The molecule has 0 bridgehead atoms. The third kappa shape index (κ3) is 5.22. The summed E-state index contributed by atoms with van der Waals surface area (Å²) in [5, 5.41) is 2.69. The number of aromatic amines is 1. The van der Waals surface area contributed by atoms with Gasteiger partial charge < -0.3 is 19.8 Å². The minimum absolute atomic E-state index is 0.133. The predicted octanol–water partition coefficient (Wildman–Crippen LogP) is 3.55. The highest BCUT2D eigenvalue weighted by Gasteiger charge is 2.24. The molecule has 0 fully saturated rings. The summed E-state index contributed by atoms with van der Waals surface area (Å²) in [6.07, 6.45) is 0.581. The monoisotopic (exact) mass is 386 g/mol. The van der Waals surface area contributed by atoms with Gasteiger partial charge in [-0.15, -0.1) is 0 Å². The summed E-state index contributed by atoms with van der Waals surface area (Å²) < 4.78 is 10.3. The molecule has 1 aromatic carbocycles. The highest BCUT2D eigenvalue weighted by molar-refractivity contribution is 5.99. The molecule has 2 N–H and O–H groups in total. The Kier molecular flexibility index (Phi) is 6.98. The lowest BCUT2D eigenvalue weighted by Crippen LogP contribution is -2.21. The first-order valence-electron chi connectivity index (χ1n) is 9.19. The fraction of sp³-hybridized carbons (Fsp3) is 0.381. The van der Waals surface area contributed by atoms with Gasteiger partial charge in [-0.3, -0.25) is 4.79 Å². The molecule has 1 amide bonds. The van der Waals surface area contributed by atoms with Crippen LogP contribution in [0.4, 0.5) is 5.69 Å². The van der Waals surface area contributed by atoms with Crippen molar-refractivity contribution in [3.05, 3.63) is 52.3 Å². The first kappa shape index (κ1) is 21.2. The van der Waals surface area contributed by atoms with E-state index in [4.69, 9.17) is 9.47 Å². The van der Waals surface area contributed by atoms with Gasteiger partial charge in [-0.2, -0.15) is 0 Å². The Bertz CT molecular complexity index is 883. The number of carbonyl (C=O) groups is 3. The molecule has 7 nitrogen and oxygen atoms in total. The van der Waals surface area contributed by atoms with Crippen LogP contribution in [0.25, 0.3) is 0 Å². The van der Waals surface area contributed by atoms with Gasteiger partial charge >= 0.3 is 11.9 Å². The third-order valence-electron chi connectivity index (χ3n) is 4.14. The molecule has 150 valence electrons. The number of benzene rings is 1. The van der Waals surface area contributed by atoms with E-state index in [1.807, 2.05) is 25.1 Å². The Hall–Kier alpha value is -3.09. The zero-order chi connectivity index (χ0) is 20.8. The number of aryl methyl sites for hydroxylation is 2. The minimum atomic E-state index is -0.707. The molecular formula is C21H26N2O5. The van der Waals surface area contributed by atoms with Crippen LogP contribution in [0.1, 0.15) is 58.4 Å². The number of H-pyrrole nitrogens is 1. The number of esters is 2. The quantitative estimate of drug-likeness (QED) is 0.709. The van der Waals surface area contributed by atoms with Crippen molar-refractivity contribution in [3.8, 4) is 0 Å². The van der Waals surface area contributed by atoms with Gasteiger partial charge in [-0.05, 0) is 57.4 Å². The van der Waals surface area contributed by atoms with E-state index >= 15 is 0 Å². The summed E-state index contributed by atoms with van der Waals surface area (Å²) in [6, 6.07) is 7.45. The molecule has 0 saturated heterocycles. The smallest absolute Gasteiger partial charge is 0.355 e. The second-order valence-corrected chi connectivity index (χ2v) is 6.76. The standard InChI is InChI=1S/C21H26N2O5/c1-6-15-8-7-9-16(10-15)23-17(24)11-27-21(26)19-13(4)18(14(5)22-19)20(25)28-12(2)3/h7-10,12,22H,6,11H2,1-5H3,(H,23,24). The van der Waals surface area contributed by atoms with Crippen molar-refractivity contribution in [3.63, 3.8) is 0 Å². The predicted molar refractivity (Wildman–Crippen MR) is 106 cm³/mol. The molecule has 0 aliphatic rings. The summed E-state index contributed by atoms with van der Waals surface area (Å²) in [5.41, 5.74) is 3.12. The van der Waals surface area contributed by atoms with Crippen LogP contribution in [0.15, 0.2) is 24.3 Å². The molecule has 2 rings (SSSR count). The molecule has 1 heterocycles. The maximum Gasteiger partial charge on any atom is 0.355 e. The number of hydrogen-bond acceptors (Lipinski definition) is 5. The van der Waals surface area contributed by atoms with Crippen LogP contribution in [0, 0.1) is 13.8 Å². The normalized spacial score (nSPS) is 10.6. The molecule has 0 saturated carbocycles. The van der Waals surface area contributed by atoms with Crippen LogP contribution in [0.3, 0.4) is 0 Å². The molecule has 0 aliphatic carbocycles. The lowest BCUT2D eigenvalue weighted by Gasteiger charge is -2.09. The third-order valence-corrected chi connectivity index (χ3v) is 4.14. The Labute approximate surface area is 164 Å². The first-order chi connectivity index (χ1) is 13.2. The number of nitrogens with one attached hydrogen (secondary N) is 2. The van der Waals surface area contributed by atoms with Crippen LogP contribution in [0.2, 0.25) is 0 Å². The Balaban J connectivity index is 2.01. The van der Waals surface area contributed by atoms with Crippen LogP contribution < -0.4 is 5.32 Å². The summed E-state index contributed by atoms with van der Waals surface area (Å²) in [7, 11) is 0. The van der Waals surface area contributed by atoms with Crippen molar-refractivity contribution in [1.29, 1.82) is 0 Å². The zero-order valence-corrected chi connectivity index (χ0v) is 16.8. The van der Waals surface area contributed by atoms with Crippen LogP contribution in [-0.4, -0.2) is 35.5 Å². The lowest BCUT2D eigenvalue weighted by molar-refractivity contribution is -0.119. The van der Waals surface area contributed by atoms with Gasteiger partial charge in [0.2, 0.25) is 0 Å². The average molecular weight is 386 g/mol. The second-order valence-electron chi connectivity index (χ2n) is 6.76. The van der Waals surface area contributed by atoms with Gasteiger partial charge in [0.25, 0.3) is 5.91 Å². The van der Waals surface area contributed by atoms with Gasteiger partial charge in [0.1, 0.15) is 5.69 Å². The largest absolute Gasteiger partial charge is 0.459 e. The number of hydrogen-bond donors (Lipinski definition) is 2. The van der Waals surface area contributed by atoms with Gasteiger partial charge in [-0.25, -0.2) is 9.59 Å². The average Bonchev–Trinajstić information content (AvgIpc) is 2.93. The minimum Gasteiger partial charge on any atom is -0.459 e. The highest BCUT2D eigenvalue weighted by atomic mass is 16.5. The summed E-state index contributed by atoms with van der Waals surface area (Å²) in [5.74, 6) is -1.66. The van der Waals surface area contributed by atoms with E-state index in [0.29, 0.717) is 22.5 Å². The highest BCUT2D eigenvalue weighted by Crippen LogP contribution is 2.20. The van der Waals surface area contributed by atoms with E-state index in [0.717, 1.165) is 12.0 Å². The molecule has 28 heavy (non-hydrogen) atoms. The fourth-order valence-electron chi connectivity index (χ4n) is 2.80. The molecule has 0 unspecified atom stereocenters. The number of ether oxygens (including phenoxy) is 2. The maximum atomic E-state index is 12.3. The van der Waals surface area contributed by atoms with Gasteiger partial charge in [-0.1, -0.05) is 19.1 Å². The van der Waals surface area contributed by atoms with Crippen LogP contribution in [0.5, 0.6) is 0 Å². The molecular weight excluding hydrogens is 360 g/mol. The number of anilines is 1. The number of aromatic nitrogens is 1. The Morgan fingerprint density at radius 2 is 1.86 bits per heavy atom. The van der Waals surface area contributed by atoms with E-state index in [9.17, 15) is 14.4 Å². The van der Waals surface area contributed by atoms with E-state index in [1.54, 1.807) is 33.8 Å². The number of amides is 1.